The van der Waals surface area contributed by atoms with Gasteiger partial charge in [-0.25, -0.2) is 0 Å². The van der Waals surface area contributed by atoms with Gasteiger partial charge in [0.1, 0.15) is 0 Å². The van der Waals surface area contributed by atoms with Crippen LogP contribution in [0.1, 0.15) is 45.4 Å². The smallest absolute Gasteiger partial charge is 0.373 e. The van der Waals surface area contributed by atoms with Gasteiger partial charge in [0.2, 0.25) is 5.60 Å². The average molecular weight is 305 g/mol. The Balaban J connectivity index is 1.73. The standard InChI is InChI=1S/C15H22F3NO2/c1-2-14(21,15(16,17)18)13(20)19-12-10-4-8-3-9(6-10)7-11(12)5-8/h8-12,21H,2-7H2,1H3,(H,19,20). The highest BCUT2D eigenvalue weighted by atomic mass is 19.4. The lowest BCUT2D eigenvalue weighted by Gasteiger charge is -2.54. The molecule has 1 amide bonds. The third-order valence-electron chi connectivity index (χ3n) is 5.88. The van der Waals surface area contributed by atoms with Gasteiger partial charge in [-0.3, -0.25) is 4.79 Å². The molecule has 4 saturated carbocycles. The molecule has 0 aromatic carbocycles. The number of rotatable bonds is 3. The molecule has 0 aliphatic heterocycles. The quantitative estimate of drug-likeness (QED) is 0.842. The van der Waals surface area contributed by atoms with Crippen molar-refractivity contribution in [3.63, 3.8) is 0 Å². The SMILES string of the molecule is CCC(O)(C(=O)NC1C2CC3CC(C2)CC1C3)C(F)(F)F. The molecule has 4 rings (SSSR count). The van der Waals surface area contributed by atoms with Gasteiger partial charge in [0.25, 0.3) is 5.91 Å². The molecule has 0 heterocycles. The molecule has 4 aliphatic rings. The van der Waals surface area contributed by atoms with E-state index >= 15 is 0 Å². The Kier molecular flexibility index (Phi) is 3.50. The number of hydrogen-bond donors (Lipinski definition) is 2. The fraction of sp³-hybridized carbons (Fsp3) is 0.933. The van der Waals surface area contributed by atoms with E-state index in [1.165, 1.54) is 13.3 Å². The molecule has 4 bridgehead atoms. The molecular weight excluding hydrogens is 283 g/mol. The van der Waals surface area contributed by atoms with E-state index in [4.69, 9.17) is 0 Å². The minimum absolute atomic E-state index is 0.189. The highest BCUT2D eigenvalue weighted by Gasteiger charge is 2.59. The van der Waals surface area contributed by atoms with Crippen LogP contribution in [0.4, 0.5) is 13.2 Å². The first kappa shape index (κ1) is 15.1. The summed E-state index contributed by atoms with van der Waals surface area (Å²) in [5.41, 5.74) is -3.26. The van der Waals surface area contributed by atoms with Crippen LogP contribution in [-0.4, -0.2) is 28.8 Å². The molecule has 0 saturated heterocycles. The van der Waals surface area contributed by atoms with Crippen molar-refractivity contribution in [1.82, 2.24) is 5.32 Å². The van der Waals surface area contributed by atoms with Crippen LogP contribution >= 0.6 is 0 Å². The van der Waals surface area contributed by atoms with Crippen molar-refractivity contribution in [1.29, 1.82) is 0 Å². The number of aliphatic hydroxyl groups is 1. The number of carbonyl (C=O) groups is 1. The van der Waals surface area contributed by atoms with Gasteiger partial charge in [-0.1, -0.05) is 6.92 Å². The Morgan fingerprint density at radius 2 is 1.57 bits per heavy atom. The molecule has 120 valence electrons. The van der Waals surface area contributed by atoms with Crippen molar-refractivity contribution in [2.24, 2.45) is 23.7 Å². The van der Waals surface area contributed by atoms with Crippen LogP contribution in [0.15, 0.2) is 0 Å². The van der Waals surface area contributed by atoms with Gasteiger partial charge in [0.05, 0.1) is 0 Å². The molecule has 0 aromatic heterocycles. The molecule has 1 atom stereocenters. The van der Waals surface area contributed by atoms with Gasteiger partial charge in [0.15, 0.2) is 0 Å². The summed E-state index contributed by atoms with van der Waals surface area (Å²) in [7, 11) is 0. The fourth-order valence-electron chi connectivity index (χ4n) is 4.92. The minimum Gasteiger partial charge on any atom is -0.373 e. The first-order valence-electron chi connectivity index (χ1n) is 7.84. The van der Waals surface area contributed by atoms with Crippen LogP contribution < -0.4 is 5.32 Å². The van der Waals surface area contributed by atoms with Crippen LogP contribution in [0.25, 0.3) is 0 Å². The first-order chi connectivity index (χ1) is 9.74. The van der Waals surface area contributed by atoms with E-state index in [0.29, 0.717) is 23.7 Å². The summed E-state index contributed by atoms with van der Waals surface area (Å²) in [5, 5.41) is 12.3. The minimum atomic E-state index is -4.93. The number of alkyl halides is 3. The summed E-state index contributed by atoms with van der Waals surface area (Å²) < 4.78 is 38.9. The second-order valence-electron chi connectivity index (χ2n) is 7.14. The van der Waals surface area contributed by atoms with Crippen LogP contribution in [0.5, 0.6) is 0 Å². The Bertz CT molecular complexity index is 409. The number of halogens is 3. The highest BCUT2D eigenvalue weighted by Crippen LogP contribution is 2.53. The van der Waals surface area contributed by atoms with Gasteiger partial charge < -0.3 is 10.4 Å². The maximum Gasteiger partial charge on any atom is 0.426 e. The molecule has 2 N–H and O–H groups in total. The van der Waals surface area contributed by atoms with Crippen LogP contribution in [0.3, 0.4) is 0 Å². The predicted octanol–water partition coefficient (Wildman–Crippen LogP) is 2.63. The molecule has 0 radical (unpaired) electrons. The monoisotopic (exact) mass is 305 g/mol. The third kappa shape index (κ3) is 2.35. The summed E-state index contributed by atoms with van der Waals surface area (Å²) in [6.07, 6.45) is -0.311. The third-order valence-corrected chi connectivity index (χ3v) is 5.88. The van der Waals surface area contributed by atoms with E-state index in [2.05, 4.69) is 5.32 Å². The highest BCUT2D eigenvalue weighted by molar-refractivity contribution is 5.86. The van der Waals surface area contributed by atoms with E-state index in [1.807, 2.05) is 0 Å². The van der Waals surface area contributed by atoms with E-state index < -0.39 is 24.1 Å². The normalized spacial score (nSPS) is 40.9. The number of carbonyl (C=O) groups excluding carboxylic acids is 1. The Morgan fingerprint density at radius 3 is 1.95 bits per heavy atom. The summed E-state index contributed by atoms with van der Waals surface area (Å²) in [5.74, 6) is 0.690. The van der Waals surface area contributed by atoms with E-state index in [9.17, 15) is 23.1 Å². The molecule has 6 heteroatoms. The molecule has 4 fully saturated rings. The van der Waals surface area contributed by atoms with E-state index in [1.54, 1.807) is 0 Å². The van der Waals surface area contributed by atoms with Gasteiger partial charge in [-0.15, -0.1) is 0 Å². The summed E-state index contributed by atoms with van der Waals surface area (Å²) in [4.78, 5) is 12.1. The average Bonchev–Trinajstić information content (AvgIpc) is 2.39. The lowest BCUT2D eigenvalue weighted by molar-refractivity contribution is -0.253. The largest absolute Gasteiger partial charge is 0.426 e. The zero-order chi connectivity index (χ0) is 15.4. The number of nitrogens with one attached hydrogen (secondary N) is 1. The molecule has 1 unspecified atom stereocenters. The fourth-order valence-corrected chi connectivity index (χ4v) is 4.92. The van der Waals surface area contributed by atoms with Crippen molar-refractivity contribution < 1.29 is 23.1 Å². The van der Waals surface area contributed by atoms with Crippen molar-refractivity contribution in [2.45, 2.75) is 63.3 Å². The Labute approximate surface area is 122 Å². The van der Waals surface area contributed by atoms with Crippen molar-refractivity contribution in [3.8, 4) is 0 Å². The molecule has 3 nitrogen and oxygen atoms in total. The van der Waals surface area contributed by atoms with Crippen molar-refractivity contribution in [3.05, 3.63) is 0 Å². The summed E-state index contributed by atoms with van der Waals surface area (Å²) in [6, 6.07) is -0.189. The van der Waals surface area contributed by atoms with Crippen LogP contribution in [0, 0.1) is 23.7 Å². The number of amides is 1. The lowest BCUT2D eigenvalue weighted by atomic mass is 9.54. The molecule has 21 heavy (non-hydrogen) atoms. The van der Waals surface area contributed by atoms with Gasteiger partial charge in [0, 0.05) is 6.04 Å². The zero-order valence-corrected chi connectivity index (χ0v) is 12.1. The molecule has 0 aromatic rings. The van der Waals surface area contributed by atoms with Gasteiger partial charge in [-0.05, 0) is 62.2 Å². The van der Waals surface area contributed by atoms with Crippen LogP contribution in [-0.2, 0) is 4.79 Å². The summed E-state index contributed by atoms with van der Waals surface area (Å²) in [6.45, 7) is 1.18. The predicted molar refractivity (Wildman–Crippen MR) is 70.3 cm³/mol. The molecule has 0 spiro atoms. The topological polar surface area (TPSA) is 49.3 Å². The lowest BCUT2D eigenvalue weighted by Crippen LogP contribution is -2.63. The number of hydrogen-bond acceptors (Lipinski definition) is 2. The maximum atomic E-state index is 13.0. The maximum absolute atomic E-state index is 13.0. The molecule has 4 aliphatic carbocycles. The van der Waals surface area contributed by atoms with Crippen molar-refractivity contribution in [2.75, 3.05) is 0 Å². The van der Waals surface area contributed by atoms with Crippen LogP contribution in [0.2, 0.25) is 0 Å². The van der Waals surface area contributed by atoms with Gasteiger partial charge in [-0.2, -0.15) is 13.2 Å². The zero-order valence-electron chi connectivity index (χ0n) is 12.1. The van der Waals surface area contributed by atoms with Gasteiger partial charge >= 0.3 is 6.18 Å². The van der Waals surface area contributed by atoms with E-state index in [-0.39, 0.29) is 6.04 Å². The second kappa shape index (κ2) is 4.86. The summed E-state index contributed by atoms with van der Waals surface area (Å²) >= 11 is 0. The first-order valence-corrected chi connectivity index (χ1v) is 7.84. The Hall–Kier alpha value is -0.780. The Morgan fingerprint density at radius 1 is 1.10 bits per heavy atom. The molecular formula is C15H22F3NO2. The van der Waals surface area contributed by atoms with E-state index in [0.717, 1.165) is 25.7 Å². The second-order valence-corrected chi connectivity index (χ2v) is 7.14. The van der Waals surface area contributed by atoms with Crippen molar-refractivity contribution >= 4 is 5.91 Å².